The van der Waals surface area contributed by atoms with Gasteiger partial charge in [-0.2, -0.15) is 0 Å². The van der Waals surface area contributed by atoms with Crippen LogP contribution in [0.1, 0.15) is 6.93 Å². The molecule has 0 aromatic heterocycles. The summed E-state index contributed by atoms with van der Waals surface area (Å²) in [5.41, 5.74) is 1.11. The minimum atomic E-state index is -0.659. The number of alkyl halides is 1. The van der Waals surface area contributed by atoms with Crippen molar-refractivity contribution in [3.8, 4) is 0 Å². The molecule has 0 amide bonds. The fourth-order valence-electron chi connectivity index (χ4n) is 0.796. The van der Waals surface area contributed by atoms with Gasteiger partial charge in [0, 0.05) is 7.23 Å². The van der Waals surface area contributed by atoms with Crippen molar-refractivity contribution in [2.24, 2.45) is 0 Å². The van der Waals surface area contributed by atoms with Gasteiger partial charge in [0.1, 0.15) is 0 Å². The summed E-state index contributed by atoms with van der Waals surface area (Å²) in [6, 6.07) is 9.83. The lowest BCUT2D eigenvalue weighted by atomic mass is 10.2. The van der Waals surface area contributed by atoms with Gasteiger partial charge in [0.25, 0.3) is 0 Å². The summed E-state index contributed by atoms with van der Waals surface area (Å²) in [7, 11) is 0. The Morgan fingerprint density at radius 3 is 2.73 bits per heavy atom. The minimum Gasteiger partial charge on any atom is -0.376 e. The first-order valence-corrected chi connectivity index (χ1v) is 3.90. The molecule has 0 saturated carbocycles. The molecule has 0 heterocycles. The Hall–Kier alpha value is -0.530. The van der Waals surface area contributed by atoms with Gasteiger partial charge in [0.15, 0.2) is 0 Å². The molecule has 0 N–H and O–H groups in total. The molecule has 0 spiro atoms. The van der Waals surface area contributed by atoms with Gasteiger partial charge >= 0.3 is 0 Å². The van der Waals surface area contributed by atoms with E-state index in [1.807, 2.05) is 30.3 Å². The van der Waals surface area contributed by atoms with Crippen molar-refractivity contribution in [1.82, 2.24) is 0 Å². The van der Waals surface area contributed by atoms with E-state index in [1.54, 1.807) is 0 Å². The van der Waals surface area contributed by atoms with Crippen LogP contribution in [-0.4, -0.2) is 12.5 Å². The molecule has 0 aliphatic carbocycles. The Labute approximate surface area is 73.3 Å². The van der Waals surface area contributed by atoms with Gasteiger partial charge in [-0.05, 0) is 5.56 Å². The second kappa shape index (κ2) is 5.16. The van der Waals surface area contributed by atoms with Crippen molar-refractivity contribution < 1.29 is 6.11 Å². The van der Waals surface area contributed by atoms with Crippen LogP contribution >= 0.6 is 11.6 Å². The third kappa shape index (κ3) is 3.40. The van der Waals surface area contributed by atoms with Crippen molar-refractivity contribution >= 4 is 11.6 Å². The average molecular weight is 173 g/mol. The van der Waals surface area contributed by atoms with Gasteiger partial charge < -0.3 is 4.74 Å². The summed E-state index contributed by atoms with van der Waals surface area (Å²) < 4.78 is 12.1. The number of halogens is 1. The summed E-state index contributed by atoms with van der Waals surface area (Å²) >= 11 is 5.39. The Morgan fingerprint density at radius 2 is 2.09 bits per heavy atom. The van der Waals surface area contributed by atoms with Crippen LogP contribution in [0.25, 0.3) is 0 Å². The van der Waals surface area contributed by atoms with Crippen LogP contribution in [0.4, 0.5) is 0 Å². The zero-order chi connectivity index (χ0) is 8.81. The molecule has 0 radical (unpaired) electrons. The highest BCUT2D eigenvalue weighted by Crippen LogP contribution is 1.99. The minimum absolute atomic E-state index is 0.274. The fourth-order valence-corrected chi connectivity index (χ4v) is 0.885. The zero-order valence-electron chi connectivity index (χ0n) is 7.16. The molecule has 2 heteroatoms. The Bertz CT molecular complexity index is 213. The van der Waals surface area contributed by atoms with Crippen LogP contribution < -0.4 is 0 Å². The van der Waals surface area contributed by atoms with Crippen molar-refractivity contribution in [2.45, 2.75) is 6.61 Å². The van der Waals surface area contributed by atoms with E-state index in [-0.39, 0.29) is 6.61 Å². The number of benzene rings is 1. The molecule has 0 fully saturated rings. The maximum Gasteiger partial charge on any atom is 0.0717 e. The Morgan fingerprint density at radius 1 is 1.36 bits per heavy atom. The van der Waals surface area contributed by atoms with E-state index >= 15 is 0 Å². The van der Waals surface area contributed by atoms with Crippen LogP contribution in [0.15, 0.2) is 30.3 Å². The van der Waals surface area contributed by atoms with Crippen molar-refractivity contribution in [3.63, 3.8) is 0 Å². The molecule has 11 heavy (non-hydrogen) atoms. The molecule has 0 aliphatic rings. The Kier molecular flexibility index (Phi) is 3.35. The lowest BCUT2D eigenvalue weighted by Gasteiger charge is -2.00. The van der Waals surface area contributed by atoms with E-state index in [1.165, 1.54) is 0 Å². The van der Waals surface area contributed by atoms with E-state index in [4.69, 9.17) is 17.7 Å². The van der Waals surface area contributed by atoms with Gasteiger partial charge in [-0.15, -0.1) is 11.6 Å². The molecule has 1 rings (SSSR count). The van der Waals surface area contributed by atoms with Crippen molar-refractivity contribution in [2.75, 3.05) is 12.5 Å². The Balaban J connectivity index is 2.25. The largest absolute Gasteiger partial charge is 0.376 e. The average Bonchev–Trinajstić information content (AvgIpc) is 2.05. The van der Waals surface area contributed by atoms with Gasteiger partial charge in [-0.25, -0.2) is 0 Å². The highest BCUT2D eigenvalue weighted by molar-refractivity contribution is 6.17. The molecule has 1 unspecified atom stereocenters. The lowest BCUT2D eigenvalue weighted by molar-refractivity contribution is 0.136. The predicted molar refractivity (Wildman–Crippen MR) is 46.8 cm³/mol. The molecule has 1 aromatic carbocycles. The molecule has 0 bridgehead atoms. The lowest BCUT2D eigenvalue weighted by Crippen LogP contribution is -1.95. The second-order valence-electron chi connectivity index (χ2n) is 2.16. The molecule has 1 atom stereocenters. The summed E-state index contributed by atoms with van der Waals surface area (Å²) in [5.74, 6) is -0.659. The topological polar surface area (TPSA) is 9.23 Å². The SMILES string of the molecule is [3H]C(Cl)COCc1ccccc1. The predicted octanol–water partition coefficient (Wildman–Crippen LogP) is 2.44. The standard InChI is InChI=1S/C9H11ClO/c10-6-7-11-8-9-4-2-1-3-5-9/h1-5H,6-8H2/i6T. The second-order valence-corrected chi connectivity index (χ2v) is 2.46. The normalized spacial score (nSPS) is 14.1. The maximum atomic E-state index is 6.98. The summed E-state index contributed by atoms with van der Waals surface area (Å²) in [4.78, 5) is 0. The summed E-state index contributed by atoms with van der Waals surface area (Å²) in [5, 5.41) is 0. The quantitative estimate of drug-likeness (QED) is 0.634. The fraction of sp³-hybridized carbons (Fsp3) is 0.333. The first-order chi connectivity index (χ1) is 5.79. The van der Waals surface area contributed by atoms with E-state index in [2.05, 4.69) is 0 Å². The molecule has 1 nitrogen and oxygen atoms in total. The van der Waals surface area contributed by atoms with Crippen molar-refractivity contribution in [1.29, 1.82) is 0 Å². The molecule has 60 valence electrons. The van der Waals surface area contributed by atoms with Crippen LogP contribution in [0.5, 0.6) is 0 Å². The molecular weight excluding hydrogens is 160 g/mol. The van der Waals surface area contributed by atoms with Crippen molar-refractivity contribution in [3.05, 3.63) is 35.9 Å². The van der Waals surface area contributed by atoms with E-state index < -0.39 is 5.86 Å². The smallest absolute Gasteiger partial charge is 0.0717 e. The van der Waals surface area contributed by atoms with E-state index in [0.29, 0.717) is 6.61 Å². The van der Waals surface area contributed by atoms with Gasteiger partial charge in [-0.1, -0.05) is 30.3 Å². The van der Waals surface area contributed by atoms with E-state index in [0.717, 1.165) is 5.56 Å². The van der Waals surface area contributed by atoms with Crippen LogP contribution in [0.3, 0.4) is 0 Å². The summed E-state index contributed by atoms with van der Waals surface area (Å²) in [6.45, 7) is 0.805. The maximum absolute atomic E-state index is 6.98. The third-order valence-corrected chi connectivity index (χ3v) is 1.42. The first kappa shape index (κ1) is 7.14. The zero-order valence-corrected chi connectivity index (χ0v) is 6.92. The number of rotatable bonds is 4. The molecule has 1 aromatic rings. The van der Waals surface area contributed by atoms with Gasteiger partial charge in [0.2, 0.25) is 0 Å². The highest BCUT2D eigenvalue weighted by atomic mass is 35.5. The number of ether oxygens (including phenoxy) is 1. The highest BCUT2D eigenvalue weighted by Gasteiger charge is 1.89. The van der Waals surface area contributed by atoms with E-state index in [9.17, 15) is 0 Å². The van der Waals surface area contributed by atoms with Crippen LogP contribution in [0, 0.1) is 0 Å². The monoisotopic (exact) mass is 172 g/mol. The number of hydrogen-bond donors (Lipinski definition) is 0. The first-order valence-electron chi connectivity index (χ1n) is 4.05. The van der Waals surface area contributed by atoms with Gasteiger partial charge in [-0.3, -0.25) is 0 Å². The third-order valence-electron chi connectivity index (χ3n) is 1.29. The molecule has 0 saturated heterocycles. The van der Waals surface area contributed by atoms with Crippen LogP contribution in [-0.2, 0) is 11.3 Å². The number of hydrogen-bond acceptors (Lipinski definition) is 1. The van der Waals surface area contributed by atoms with Gasteiger partial charge in [0.05, 0.1) is 13.2 Å². The summed E-state index contributed by atoms with van der Waals surface area (Å²) in [6.07, 6.45) is 0. The molecule has 0 aliphatic heterocycles. The van der Waals surface area contributed by atoms with Crippen LogP contribution in [0.2, 0.25) is 0 Å². The molecular formula is C9H11ClO.